The fourth-order valence-corrected chi connectivity index (χ4v) is 5.20. The Morgan fingerprint density at radius 3 is 1.32 bits per heavy atom. The number of pyridine rings is 1. The fourth-order valence-electron chi connectivity index (χ4n) is 4.99. The van der Waals surface area contributed by atoms with Gasteiger partial charge < -0.3 is 0 Å². The van der Waals surface area contributed by atoms with Crippen LogP contribution in [0.25, 0.3) is 0 Å². The third-order valence-corrected chi connectivity index (χ3v) is 7.26. The molecule has 41 heavy (non-hydrogen) atoms. The molecule has 8 heteroatoms. The predicted octanol–water partition coefficient (Wildman–Crippen LogP) is 10.1. The molecule has 1 aromatic heterocycles. The first-order chi connectivity index (χ1) is 19.5. The van der Waals surface area contributed by atoms with Crippen LogP contribution in [-0.4, -0.2) is 4.98 Å². The summed E-state index contributed by atoms with van der Waals surface area (Å²) >= 11 is 6.65. The molecule has 0 saturated carbocycles. The zero-order valence-electron chi connectivity index (χ0n) is 21.3. The van der Waals surface area contributed by atoms with Crippen LogP contribution < -0.4 is 0 Å². The van der Waals surface area contributed by atoms with E-state index in [0.29, 0.717) is 22.3 Å². The smallest absolute Gasteiger partial charge is 0.244 e. The Balaban J connectivity index is 1.66. The second-order valence-electron chi connectivity index (χ2n) is 9.58. The van der Waals surface area contributed by atoms with E-state index in [0.717, 1.165) is 35.4 Å². The van der Waals surface area contributed by atoms with Gasteiger partial charge in [0.1, 0.15) is 5.15 Å². The van der Waals surface area contributed by atoms with E-state index in [-0.39, 0.29) is 5.15 Å². The summed E-state index contributed by atoms with van der Waals surface area (Å²) in [6, 6.07) is 30.2. The SMILES string of the molecule is FC(F)(F)c1ccc(C(c2ccccc2)c2cnc(Cl)c(C(c3ccccc3)c3ccc(C(F)(F)F)cc3)c2)cc1. The van der Waals surface area contributed by atoms with Crippen LogP contribution in [0.5, 0.6) is 0 Å². The van der Waals surface area contributed by atoms with Gasteiger partial charge in [0, 0.05) is 23.6 Å². The Morgan fingerprint density at radius 1 is 0.488 bits per heavy atom. The minimum atomic E-state index is -4.48. The summed E-state index contributed by atoms with van der Waals surface area (Å²) < 4.78 is 79.7. The maximum absolute atomic E-state index is 13.3. The standard InChI is InChI=1S/C33H22ClF6N/c34-31-28(30(22-9-5-2-6-10-22)24-13-17-27(18-14-24)33(38,39)40)19-25(20-41-31)29(21-7-3-1-4-8-21)23-11-15-26(16-12-23)32(35,36)37/h1-20,29-30H. The van der Waals surface area contributed by atoms with Crippen molar-refractivity contribution in [3.05, 3.63) is 171 Å². The second kappa shape index (κ2) is 11.4. The van der Waals surface area contributed by atoms with Crippen molar-refractivity contribution in [3.63, 3.8) is 0 Å². The maximum atomic E-state index is 13.3. The summed E-state index contributed by atoms with van der Waals surface area (Å²) in [6.45, 7) is 0. The molecule has 0 aliphatic rings. The molecule has 0 saturated heterocycles. The lowest BCUT2D eigenvalue weighted by atomic mass is 9.81. The van der Waals surface area contributed by atoms with Gasteiger partial charge >= 0.3 is 12.4 Å². The van der Waals surface area contributed by atoms with E-state index in [1.165, 1.54) is 24.3 Å². The van der Waals surface area contributed by atoms with Crippen LogP contribution in [0.4, 0.5) is 26.3 Å². The third kappa shape index (κ3) is 6.30. The monoisotopic (exact) mass is 581 g/mol. The zero-order valence-corrected chi connectivity index (χ0v) is 22.1. The minimum Gasteiger partial charge on any atom is -0.244 e. The van der Waals surface area contributed by atoms with Crippen molar-refractivity contribution in [1.82, 2.24) is 4.98 Å². The van der Waals surface area contributed by atoms with Crippen molar-refractivity contribution in [2.24, 2.45) is 0 Å². The Hall–Kier alpha value is -4.10. The van der Waals surface area contributed by atoms with Gasteiger partial charge in [-0.2, -0.15) is 26.3 Å². The maximum Gasteiger partial charge on any atom is 0.416 e. The molecule has 2 unspecified atom stereocenters. The average Bonchev–Trinajstić information content (AvgIpc) is 2.96. The van der Waals surface area contributed by atoms with Crippen molar-refractivity contribution in [2.75, 3.05) is 0 Å². The molecule has 0 bridgehead atoms. The summed E-state index contributed by atoms with van der Waals surface area (Å²) in [5.41, 5.74) is 2.52. The van der Waals surface area contributed by atoms with E-state index < -0.39 is 35.3 Å². The molecule has 1 heterocycles. The molecule has 0 amide bonds. The first-order valence-electron chi connectivity index (χ1n) is 12.6. The van der Waals surface area contributed by atoms with Crippen LogP contribution in [0.2, 0.25) is 5.15 Å². The first kappa shape index (κ1) is 28.4. The number of nitrogens with zero attached hydrogens (tertiary/aromatic N) is 1. The highest BCUT2D eigenvalue weighted by atomic mass is 35.5. The van der Waals surface area contributed by atoms with Gasteiger partial charge in [-0.1, -0.05) is 96.5 Å². The van der Waals surface area contributed by atoms with Crippen LogP contribution in [0, 0.1) is 0 Å². The molecule has 0 radical (unpaired) electrons. The van der Waals surface area contributed by atoms with Gasteiger partial charge in [0.15, 0.2) is 0 Å². The summed E-state index contributed by atoms with van der Waals surface area (Å²) in [5.74, 6) is -1.03. The lowest BCUT2D eigenvalue weighted by Gasteiger charge is -2.24. The molecule has 5 rings (SSSR count). The van der Waals surface area contributed by atoms with E-state index in [2.05, 4.69) is 4.98 Å². The van der Waals surface area contributed by atoms with E-state index in [1.807, 2.05) is 66.7 Å². The second-order valence-corrected chi connectivity index (χ2v) is 9.93. The van der Waals surface area contributed by atoms with Crippen molar-refractivity contribution in [2.45, 2.75) is 24.2 Å². The Morgan fingerprint density at radius 2 is 0.878 bits per heavy atom. The topological polar surface area (TPSA) is 12.9 Å². The number of hydrogen-bond acceptors (Lipinski definition) is 1. The van der Waals surface area contributed by atoms with E-state index in [4.69, 9.17) is 11.6 Å². The largest absolute Gasteiger partial charge is 0.416 e. The quantitative estimate of drug-likeness (QED) is 0.144. The molecule has 4 aromatic carbocycles. The van der Waals surface area contributed by atoms with Gasteiger partial charge in [-0.25, -0.2) is 4.98 Å². The van der Waals surface area contributed by atoms with Crippen LogP contribution in [0.1, 0.15) is 56.3 Å². The zero-order chi connectivity index (χ0) is 29.2. The molecule has 1 nitrogen and oxygen atoms in total. The first-order valence-corrected chi connectivity index (χ1v) is 13.0. The summed E-state index contributed by atoms with van der Waals surface area (Å²) in [5, 5.41) is 0.168. The lowest BCUT2D eigenvalue weighted by Crippen LogP contribution is -2.11. The van der Waals surface area contributed by atoms with Crippen molar-refractivity contribution in [3.8, 4) is 0 Å². The molecular formula is C33H22ClF6N. The predicted molar refractivity (Wildman–Crippen MR) is 147 cm³/mol. The summed E-state index contributed by atoms with van der Waals surface area (Å²) in [7, 11) is 0. The highest BCUT2D eigenvalue weighted by molar-refractivity contribution is 6.30. The van der Waals surface area contributed by atoms with E-state index >= 15 is 0 Å². The van der Waals surface area contributed by atoms with Gasteiger partial charge in [-0.3, -0.25) is 0 Å². The van der Waals surface area contributed by atoms with Crippen molar-refractivity contribution >= 4 is 11.6 Å². The van der Waals surface area contributed by atoms with Gasteiger partial charge in [0.2, 0.25) is 0 Å². The fraction of sp³-hybridized carbons (Fsp3) is 0.121. The van der Waals surface area contributed by atoms with Gasteiger partial charge in [-0.15, -0.1) is 0 Å². The normalized spacial score (nSPS) is 13.5. The Labute approximate surface area is 238 Å². The van der Waals surface area contributed by atoms with Crippen LogP contribution in [-0.2, 0) is 12.4 Å². The number of hydrogen-bond donors (Lipinski definition) is 0. The number of benzene rings is 4. The number of rotatable bonds is 6. The summed E-state index contributed by atoms with van der Waals surface area (Å²) in [4.78, 5) is 4.44. The van der Waals surface area contributed by atoms with Gasteiger partial charge in [0.05, 0.1) is 11.1 Å². The van der Waals surface area contributed by atoms with Crippen LogP contribution in [0.15, 0.2) is 121 Å². The van der Waals surface area contributed by atoms with Crippen molar-refractivity contribution < 1.29 is 26.3 Å². The molecule has 0 spiro atoms. The van der Waals surface area contributed by atoms with Gasteiger partial charge in [-0.05, 0) is 58.1 Å². The highest BCUT2D eigenvalue weighted by Gasteiger charge is 2.32. The highest BCUT2D eigenvalue weighted by Crippen LogP contribution is 2.41. The molecule has 2 atom stereocenters. The summed E-state index contributed by atoms with van der Waals surface area (Å²) in [6.07, 6.45) is -7.37. The molecule has 0 aliphatic carbocycles. The van der Waals surface area contributed by atoms with Crippen LogP contribution in [0.3, 0.4) is 0 Å². The number of alkyl halides is 6. The lowest BCUT2D eigenvalue weighted by molar-refractivity contribution is -0.138. The molecular weight excluding hydrogens is 560 g/mol. The Bertz CT molecular complexity index is 1600. The Kier molecular flexibility index (Phi) is 7.91. The van der Waals surface area contributed by atoms with Crippen LogP contribution >= 0.6 is 11.6 Å². The number of halogens is 7. The number of aromatic nitrogens is 1. The third-order valence-electron chi connectivity index (χ3n) is 6.94. The van der Waals surface area contributed by atoms with Gasteiger partial charge in [0.25, 0.3) is 0 Å². The van der Waals surface area contributed by atoms with E-state index in [1.54, 1.807) is 6.20 Å². The molecule has 0 fully saturated rings. The molecule has 208 valence electrons. The average molecular weight is 582 g/mol. The minimum absolute atomic E-state index is 0.168. The molecule has 5 aromatic rings. The molecule has 0 N–H and O–H groups in total. The van der Waals surface area contributed by atoms with E-state index in [9.17, 15) is 26.3 Å². The molecule has 0 aliphatic heterocycles. The van der Waals surface area contributed by atoms with Crippen molar-refractivity contribution in [1.29, 1.82) is 0 Å².